The molecule has 0 spiro atoms. The van der Waals surface area contributed by atoms with Crippen LogP contribution in [-0.2, 0) is 18.9 Å². The van der Waals surface area contributed by atoms with E-state index >= 15 is 0 Å². The van der Waals surface area contributed by atoms with Gasteiger partial charge in [-0.25, -0.2) is 6.54 Å². The van der Waals surface area contributed by atoms with E-state index in [4.69, 9.17) is 24.1 Å². The molecule has 1 atom stereocenters. The summed E-state index contributed by atoms with van der Waals surface area (Å²) < 4.78 is 7.67. The summed E-state index contributed by atoms with van der Waals surface area (Å²) in [6.07, 6.45) is 1.12. The van der Waals surface area contributed by atoms with Crippen LogP contribution in [0, 0.1) is 27.3 Å². The summed E-state index contributed by atoms with van der Waals surface area (Å²) in [7, 11) is 11.8. The van der Waals surface area contributed by atoms with Crippen LogP contribution in [0.5, 0.6) is 11.5 Å². The fourth-order valence-corrected chi connectivity index (χ4v) is 7.57. The molecule has 4 aromatic carbocycles. The Morgan fingerprint density at radius 2 is 1.35 bits per heavy atom. The minimum absolute atomic E-state index is 0.0779. The Hall–Kier alpha value is -2.45. The third kappa shape index (κ3) is 7.44. The van der Waals surface area contributed by atoms with Crippen molar-refractivity contribution in [3.05, 3.63) is 131 Å². The van der Waals surface area contributed by atoms with Crippen molar-refractivity contribution in [2.45, 2.75) is 58.9 Å². The average Bonchev–Trinajstić information content (AvgIpc) is 3.15. The van der Waals surface area contributed by atoms with Gasteiger partial charge in [0, 0.05) is 11.2 Å². The normalized spacial score (nSPS) is 18.0. The van der Waals surface area contributed by atoms with Crippen molar-refractivity contribution in [1.82, 2.24) is 0 Å². The van der Waals surface area contributed by atoms with Gasteiger partial charge in [0.1, 0.15) is 0 Å². The molecule has 1 unspecified atom stereocenters. The standard InChI is InChI=1S/C22H28N.C13H10O.2ClH.Ru/c1-16-12-17(2)20(18(3)13-16)23-15-22(6,14-21(23,4)5)19-10-8-7-9-11-19;1-11-7-5-6-10-13(11)14-12-8-3-2-4-9-12;;;/h7-13,15H,14H2,1-6H3;1-10H;2*1H;/q-1;;;;+2/p-2. The second-order valence-corrected chi connectivity index (χ2v) is 17.0. The monoisotopic (exact) mass is 660 g/mol. The number of rotatable bonds is 5. The van der Waals surface area contributed by atoms with Gasteiger partial charge in [0.05, 0.1) is 0 Å². The van der Waals surface area contributed by atoms with Gasteiger partial charge in [-0.05, 0) is 52.2 Å². The third-order valence-corrected chi connectivity index (χ3v) is 9.09. The zero-order valence-corrected chi connectivity index (χ0v) is 27.3. The molecule has 1 aliphatic rings. The number of ether oxygens (including phenoxy) is 1. The first kappa shape index (κ1) is 30.5. The quantitative estimate of drug-likeness (QED) is 0.156. The minimum atomic E-state index is -1.83. The van der Waals surface area contributed by atoms with E-state index in [2.05, 4.69) is 95.5 Å². The number of anilines is 1. The molecule has 0 amide bonds. The van der Waals surface area contributed by atoms with Crippen molar-refractivity contribution in [3.63, 3.8) is 0 Å². The molecule has 2 nitrogen and oxygen atoms in total. The Kier molecular flexibility index (Phi) is 9.94. The van der Waals surface area contributed by atoms with E-state index in [-0.39, 0.29) is 11.0 Å². The van der Waals surface area contributed by atoms with Gasteiger partial charge in [-0.1, -0.05) is 60.5 Å². The van der Waals surface area contributed by atoms with Crippen LogP contribution in [0.1, 0.15) is 55.0 Å². The number of halogens is 2. The van der Waals surface area contributed by atoms with Crippen molar-refractivity contribution in [1.29, 1.82) is 0 Å². The molecular weight excluding hydrogens is 622 g/mol. The van der Waals surface area contributed by atoms with Gasteiger partial charge in [0.2, 0.25) is 0 Å². The Morgan fingerprint density at radius 1 is 0.800 bits per heavy atom. The Labute approximate surface area is 253 Å². The van der Waals surface area contributed by atoms with Gasteiger partial charge in [-0.15, -0.1) is 5.41 Å². The van der Waals surface area contributed by atoms with E-state index in [1.807, 2.05) is 59.2 Å². The molecule has 212 valence electrons. The number of hydrogen-bond donors (Lipinski definition) is 0. The summed E-state index contributed by atoms with van der Waals surface area (Å²) in [5, 5.41) is 0. The van der Waals surface area contributed by atoms with E-state index in [1.165, 1.54) is 27.9 Å². The molecule has 0 bridgehead atoms. The van der Waals surface area contributed by atoms with Crippen LogP contribution in [0.2, 0.25) is 0 Å². The van der Waals surface area contributed by atoms with E-state index < -0.39 is 13.5 Å². The maximum absolute atomic E-state index is 5.88. The second-order valence-electron chi connectivity index (χ2n) is 11.3. The fourth-order valence-electron chi connectivity index (χ4n) is 5.76. The van der Waals surface area contributed by atoms with E-state index in [9.17, 15) is 0 Å². The summed E-state index contributed by atoms with van der Waals surface area (Å²) in [4.78, 5) is 2.52. The number of nitrogens with zero attached hydrogens (tertiary/aromatic N) is 1. The predicted molar refractivity (Wildman–Crippen MR) is 170 cm³/mol. The van der Waals surface area contributed by atoms with Crippen LogP contribution in [0.3, 0.4) is 0 Å². The maximum atomic E-state index is 5.88. The first-order chi connectivity index (χ1) is 19.0. The SMILES string of the molecule is Cc1cc(C)c(N2[CH-]C(C)(c3ccccc3)CC2(C)C)c(C)c1.[Cl][Ru]([Cl])=[CH]c1ccccc1Oc1ccccc1. The van der Waals surface area contributed by atoms with Crippen LogP contribution >= 0.6 is 19.4 Å². The molecule has 0 radical (unpaired) electrons. The Morgan fingerprint density at radius 3 is 1.95 bits per heavy atom. The van der Waals surface area contributed by atoms with Crippen LogP contribution in [0.15, 0.2) is 97.1 Å². The van der Waals surface area contributed by atoms with Gasteiger partial charge in [-0.3, -0.25) is 0 Å². The summed E-state index contributed by atoms with van der Waals surface area (Å²) in [5.74, 6) is 1.58. The van der Waals surface area contributed by atoms with Crippen molar-refractivity contribution in [2.24, 2.45) is 0 Å². The molecule has 1 heterocycles. The van der Waals surface area contributed by atoms with Crippen molar-refractivity contribution >= 4 is 29.7 Å². The summed E-state index contributed by atoms with van der Waals surface area (Å²) >= 11 is -1.83. The second kappa shape index (κ2) is 13.0. The van der Waals surface area contributed by atoms with Crippen LogP contribution in [0.25, 0.3) is 0 Å². The third-order valence-electron chi connectivity index (χ3n) is 7.25. The molecular formula is C35H38Cl2NORu-. The van der Waals surface area contributed by atoms with Crippen molar-refractivity contribution < 1.29 is 18.3 Å². The summed E-state index contributed by atoms with van der Waals surface area (Å²) in [6.45, 7) is 16.2. The molecule has 0 aromatic heterocycles. The molecule has 1 aliphatic heterocycles. The van der Waals surface area contributed by atoms with Crippen LogP contribution < -0.4 is 9.64 Å². The van der Waals surface area contributed by atoms with Crippen molar-refractivity contribution in [3.8, 4) is 11.5 Å². The van der Waals surface area contributed by atoms with Crippen LogP contribution in [0.4, 0.5) is 5.69 Å². The number of para-hydroxylation sites is 2. The molecule has 1 fully saturated rings. The van der Waals surface area contributed by atoms with Gasteiger partial charge in [-0.2, -0.15) is 0 Å². The molecule has 0 aliphatic carbocycles. The topological polar surface area (TPSA) is 12.5 Å². The molecule has 4 aromatic rings. The van der Waals surface area contributed by atoms with E-state index in [0.29, 0.717) is 0 Å². The zero-order chi connectivity index (χ0) is 28.9. The van der Waals surface area contributed by atoms with E-state index in [0.717, 1.165) is 23.5 Å². The van der Waals surface area contributed by atoms with Gasteiger partial charge in [0.25, 0.3) is 0 Å². The molecule has 5 heteroatoms. The van der Waals surface area contributed by atoms with Gasteiger partial charge in [0.15, 0.2) is 0 Å². The first-order valence-corrected chi connectivity index (χ1v) is 18.9. The Balaban J connectivity index is 0.000000194. The van der Waals surface area contributed by atoms with Gasteiger partial charge < -0.3 is 4.90 Å². The fraction of sp³-hybridized carbons (Fsp3) is 0.257. The molecule has 1 saturated heterocycles. The van der Waals surface area contributed by atoms with E-state index in [1.54, 1.807) is 0 Å². The first-order valence-electron chi connectivity index (χ1n) is 13.4. The number of hydrogen-bond acceptors (Lipinski definition) is 2. The van der Waals surface area contributed by atoms with Gasteiger partial charge >= 0.3 is 114 Å². The number of aryl methyl sites for hydroxylation is 3. The number of benzene rings is 4. The zero-order valence-electron chi connectivity index (χ0n) is 24.1. The summed E-state index contributed by atoms with van der Waals surface area (Å²) in [5.41, 5.74) is 7.97. The molecule has 40 heavy (non-hydrogen) atoms. The van der Waals surface area contributed by atoms with Crippen LogP contribution in [-0.4, -0.2) is 10.1 Å². The Bertz CT molecular complexity index is 1440. The predicted octanol–water partition coefficient (Wildman–Crippen LogP) is 10.3. The molecule has 0 N–H and O–H groups in total. The molecule has 5 rings (SSSR count). The molecule has 0 saturated carbocycles. The average molecular weight is 661 g/mol. The van der Waals surface area contributed by atoms with Crippen molar-refractivity contribution in [2.75, 3.05) is 4.90 Å². The summed E-state index contributed by atoms with van der Waals surface area (Å²) in [6, 6.07) is 32.8.